The van der Waals surface area contributed by atoms with Gasteiger partial charge in [-0.05, 0) is 24.9 Å². The van der Waals surface area contributed by atoms with Crippen LogP contribution in [-0.4, -0.2) is 19.7 Å². The largest absolute Gasteiger partial charge is 0.490 e. The highest BCUT2D eigenvalue weighted by Crippen LogP contribution is 2.40. The molecule has 2 atom stereocenters. The van der Waals surface area contributed by atoms with Crippen molar-refractivity contribution in [1.29, 1.82) is 0 Å². The molecule has 0 aliphatic carbocycles. The van der Waals surface area contributed by atoms with Gasteiger partial charge in [-0.25, -0.2) is 8.78 Å². The first kappa shape index (κ1) is 10.0. The summed E-state index contributed by atoms with van der Waals surface area (Å²) in [4.78, 5) is 0. The van der Waals surface area contributed by atoms with E-state index in [2.05, 4.69) is 5.32 Å². The molecular weight excluding hydrogens is 212 g/mol. The third kappa shape index (κ3) is 1.48. The summed E-state index contributed by atoms with van der Waals surface area (Å²) in [5.74, 6) is -0.238. The number of hydrogen-bond acceptors (Lipinski definition) is 2. The van der Waals surface area contributed by atoms with Crippen molar-refractivity contribution in [2.45, 2.75) is 12.3 Å². The molecule has 0 radical (unpaired) electrons. The van der Waals surface area contributed by atoms with E-state index in [4.69, 9.17) is 4.74 Å². The lowest BCUT2D eigenvalue weighted by atomic mass is 9.87. The highest BCUT2D eigenvalue weighted by molar-refractivity contribution is 5.40. The molecule has 3 rings (SSSR count). The van der Waals surface area contributed by atoms with E-state index in [1.165, 1.54) is 6.07 Å². The first-order valence-corrected chi connectivity index (χ1v) is 5.58. The lowest BCUT2D eigenvalue weighted by Crippen LogP contribution is -2.11. The minimum absolute atomic E-state index is 0.183. The number of benzene rings is 1. The van der Waals surface area contributed by atoms with Crippen LogP contribution in [0.15, 0.2) is 12.1 Å². The van der Waals surface area contributed by atoms with E-state index in [1.807, 2.05) is 0 Å². The summed E-state index contributed by atoms with van der Waals surface area (Å²) in [6, 6.07) is 2.30. The lowest BCUT2D eigenvalue weighted by Gasteiger charge is -2.16. The average Bonchev–Trinajstić information content (AvgIpc) is 2.62. The van der Waals surface area contributed by atoms with Crippen LogP contribution < -0.4 is 10.1 Å². The van der Waals surface area contributed by atoms with Crippen molar-refractivity contribution in [2.75, 3.05) is 19.7 Å². The summed E-state index contributed by atoms with van der Waals surface area (Å²) in [6.07, 6.45) is 0.896. The number of rotatable bonds is 0. The Hall–Kier alpha value is -1.16. The van der Waals surface area contributed by atoms with E-state index in [-0.39, 0.29) is 11.7 Å². The maximum atomic E-state index is 13.6. The second-order valence-electron chi connectivity index (χ2n) is 4.47. The van der Waals surface area contributed by atoms with Crippen LogP contribution in [0.25, 0.3) is 0 Å². The van der Waals surface area contributed by atoms with E-state index in [9.17, 15) is 8.78 Å². The smallest absolute Gasteiger partial charge is 0.168 e. The molecule has 1 fully saturated rings. The molecule has 2 heterocycles. The molecule has 0 bridgehead atoms. The molecule has 86 valence electrons. The highest BCUT2D eigenvalue weighted by Gasteiger charge is 2.34. The maximum Gasteiger partial charge on any atom is 0.168 e. The molecule has 1 saturated heterocycles. The van der Waals surface area contributed by atoms with Crippen LogP contribution in [0.3, 0.4) is 0 Å². The van der Waals surface area contributed by atoms with Crippen molar-refractivity contribution >= 4 is 0 Å². The van der Waals surface area contributed by atoms with Gasteiger partial charge in [0.05, 0.1) is 6.61 Å². The van der Waals surface area contributed by atoms with E-state index in [1.54, 1.807) is 0 Å². The van der Waals surface area contributed by atoms with Crippen molar-refractivity contribution in [3.8, 4) is 5.75 Å². The maximum absolute atomic E-state index is 13.6. The zero-order valence-electron chi connectivity index (χ0n) is 8.80. The predicted octanol–water partition coefficient (Wildman–Crippen LogP) is 2.05. The van der Waals surface area contributed by atoms with Gasteiger partial charge < -0.3 is 10.1 Å². The number of ether oxygens (including phenoxy) is 1. The SMILES string of the molecule is Fc1cc(F)c2c(c1)[C@H]1CNC[C@@H]1CCO2. The van der Waals surface area contributed by atoms with Crippen LogP contribution in [0, 0.1) is 17.6 Å². The molecule has 0 spiro atoms. The summed E-state index contributed by atoms with van der Waals surface area (Å²) in [5.41, 5.74) is 0.685. The van der Waals surface area contributed by atoms with Crippen molar-refractivity contribution in [3.05, 3.63) is 29.3 Å². The minimum Gasteiger partial charge on any atom is -0.490 e. The Balaban J connectivity index is 2.12. The fourth-order valence-corrected chi connectivity index (χ4v) is 2.72. The number of hydrogen-bond donors (Lipinski definition) is 1. The normalized spacial score (nSPS) is 27.9. The van der Waals surface area contributed by atoms with Crippen molar-refractivity contribution in [3.63, 3.8) is 0 Å². The fraction of sp³-hybridized carbons (Fsp3) is 0.500. The molecule has 1 aromatic carbocycles. The molecule has 0 aromatic heterocycles. The van der Waals surface area contributed by atoms with Crippen LogP contribution in [-0.2, 0) is 0 Å². The Labute approximate surface area is 92.6 Å². The number of fused-ring (bicyclic) bond motifs is 3. The quantitative estimate of drug-likeness (QED) is 0.729. The van der Waals surface area contributed by atoms with Crippen molar-refractivity contribution in [2.24, 2.45) is 5.92 Å². The average molecular weight is 225 g/mol. The number of nitrogens with one attached hydrogen (secondary N) is 1. The van der Waals surface area contributed by atoms with Crippen LogP contribution in [0.2, 0.25) is 0 Å². The van der Waals surface area contributed by atoms with Gasteiger partial charge in [-0.3, -0.25) is 0 Å². The minimum atomic E-state index is -0.581. The van der Waals surface area contributed by atoms with Crippen molar-refractivity contribution < 1.29 is 13.5 Å². The Morgan fingerprint density at radius 2 is 2.12 bits per heavy atom. The molecule has 4 heteroatoms. The van der Waals surface area contributed by atoms with Gasteiger partial charge in [0.2, 0.25) is 0 Å². The summed E-state index contributed by atoms with van der Waals surface area (Å²) in [6.45, 7) is 2.20. The third-order valence-electron chi connectivity index (χ3n) is 3.51. The van der Waals surface area contributed by atoms with E-state index < -0.39 is 11.6 Å². The summed E-state index contributed by atoms with van der Waals surface area (Å²) >= 11 is 0. The van der Waals surface area contributed by atoms with E-state index >= 15 is 0 Å². The molecule has 1 N–H and O–H groups in total. The predicted molar refractivity (Wildman–Crippen MR) is 55.6 cm³/mol. The van der Waals surface area contributed by atoms with Gasteiger partial charge in [-0.1, -0.05) is 0 Å². The Morgan fingerprint density at radius 3 is 3.00 bits per heavy atom. The molecule has 0 saturated carbocycles. The first-order valence-electron chi connectivity index (χ1n) is 5.58. The first-order chi connectivity index (χ1) is 7.75. The highest BCUT2D eigenvalue weighted by atomic mass is 19.1. The molecule has 0 amide bonds. The van der Waals surface area contributed by atoms with Crippen LogP contribution in [0.4, 0.5) is 8.78 Å². The summed E-state index contributed by atoms with van der Waals surface area (Å²) in [7, 11) is 0. The Morgan fingerprint density at radius 1 is 1.25 bits per heavy atom. The molecule has 1 aromatic rings. The van der Waals surface area contributed by atoms with Gasteiger partial charge in [-0.15, -0.1) is 0 Å². The standard InChI is InChI=1S/C12H13F2NO/c13-8-3-9-10-6-15-5-7(10)1-2-16-12(9)11(14)4-8/h3-4,7,10,15H,1-2,5-6H2/t7-,10-/m0/s1. The fourth-order valence-electron chi connectivity index (χ4n) is 2.72. The molecule has 2 nitrogen and oxygen atoms in total. The molecule has 16 heavy (non-hydrogen) atoms. The van der Waals surface area contributed by atoms with Crippen LogP contribution >= 0.6 is 0 Å². The zero-order chi connectivity index (χ0) is 11.1. The topological polar surface area (TPSA) is 21.3 Å². The van der Waals surface area contributed by atoms with E-state index in [0.717, 1.165) is 25.6 Å². The van der Waals surface area contributed by atoms with Crippen LogP contribution in [0.1, 0.15) is 17.9 Å². The van der Waals surface area contributed by atoms with Gasteiger partial charge in [0, 0.05) is 24.1 Å². The Kier molecular flexibility index (Phi) is 2.32. The van der Waals surface area contributed by atoms with Crippen molar-refractivity contribution in [1.82, 2.24) is 5.32 Å². The van der Waals surface area contributed by atoms with E-state index in [0.29, 0.717) is 18.1 Å². The zero-order valence-corrected chi connectivity index (χ0v) is 8.80. The summed E-state index contributed by atoms with van der Waals surface area (Å²) < 4.78 is 32.2. The number of halogens is 2. The molecular formula is C12H13F2NO. The second kappa shape index (κ2) is 3.70. The second-order valence-corrected chi connectivity index (χ2v) is 4.47. The van der Waals surface area contributed by atoms with Gasteiger partial charge in [-0.2, -0.15) is 0 Å². The Bertz CT molecular complexity index is 422. The summed E-state index contributed by atoms with van der Waals surface area (Å²) in [5, 5.41) is 3.27. The van der Waals surface area contributed by atoms with Gasteiger partial charge in [0.25, 0.3) is 0 Å². The third-order valence-corrected chi connectivity index (χ3v) is 3.51. The monoisotopic (exact) mass is 225 g/mol. The van der Waals surface area contributed by atoms with Gasteiger partial charge in [0.1, 0.15) is 5.82 Å². The van der Waals surface area contributed by atoms with Gasteiger partial charge >= 0.3 is 0 Å². The molecule has 2 aliphatic heterocycles. The molecule has 2 aliphatic rings. The lowest BCUT2D eigenvalue weighted by molar-refractivity contribution is 0.284. The van der Waals surface area contributed by atoms with Crippen LogP contribution in [0.5, 0.6) is 5.75 Å². The molecule has 0 unspecified atom stereocenters. The van der Waals surface area contributed by atoms with Gasteiger partial charge in [0.15, 0.2) is 11.6 Å².